The van der Waals surface area contributed by atoms with Gasteiger partial charge >= 0.3 is 0 Å². The quantitative estimate of drug-likeness (QED) is 0.564. The average molecular weight is 172 g/mol. The van der Waals surface area contributed by atoms with E-state index in [-0.39, 0.29) is 32.2 Å². The minimum Gasteiger partial charge on any atom is -0.321 e. The Bertz CT molecular complexity index is 84.3. The van der Waals surface area contributed by atoms with Gasteiger partial charge in [-0.05, 0) is 0 Å². The molecule has 1 aliphatic rings. The molecule has 0 aromatic heterocycles. The van der Waals surface area contributed by atoms with Gasteiger partial charge < -0.3 is 5.73 Å². The molecule has 0 radical (unpaired) electrons. The Balaban J connectivity index is 0.000000360. The summed E-state index contributed by atoms with van der Waals surface area (Å²) in [5.41, 5.74) is 5.36. The van der Waals surface area contributed by atoms with E-state index in [0.29, 0.717) is 0 Å². The summed E-state index contributed by atoms with van der Waals surface area (Å²) in [5.74, 6) is 0. The van der Waals surface area contributed by atoms with Crippen molar-refractivity contribution < 1.29 is 26.2 Å². The minimum atomic E-state index is 0. The van der Waals surface area contributed by atoms with Crippen molar-refractivity contribution in [3.63, 3.8) is 0 Å². The molecule has 0 atom stereocenters. The number of hydrogen-bond acceptors (Lipinski definition) is 1. The molecule has 0 saturated heterocycles. The zero-order valence-corrected chi connectivity index (χ0v) is 6.42. The molecule has 2 heteroatoms. The van der Waals surface area contributed by atoms with E-state index in [1.54, 1.807) is 0 Å². The standard InChI is InChI=1S/C5H7N.Zr/c6-5-3-1-2-4-5;/h1-5H,6H2;. The Morgan fingerprint density at radius 1 is 1.14 bits per heavy atom. The Labute approximate surface area is 62.4 Å². The van der Waals surface area contributed by atoms with Crippen LogP contribution in [0.5, 0.6) is 0 Å². The maximum absolute atomic E-state index is 5.36. The molecule has 1 rings (SSSR count). The van der Waals surface area contributed by atoms with E-state index in [1.807, 2.05) is 24.3 Å². The van der Waals surface area contributed by atoms with Gasteiger partial charge in [-0.1, -0.05) is 24.3 Å². The Morgan fingerprint density at radius 2 is 1.57 bits per heavy atom. The molecule has 0 spiro atoms. The molecule has 0 saturated carbocycles. The van der Waals surface area contributed by atoms with Crippen LogP contribution >= 0.6 is 0 Å². The van der Waals surface area contributed by atoms with Crippen LogP contribution in [0.2, 0.25) is 0 Å². The molecular formula is C5H7NZr. The third kappa shape index (κ3) is 2.20. The summed E-state index contributed by atoms with van der Waals surface area (Å²) in [6, 6.07) is 0.185. The van der Waals surface area contributed by atoms with Crippen LogP contribution in [0.15, 0.2) is 24.3 Å². The van der Waals surface area contributed by atoms with Crippen molar-refractivity contribution in [1.82, 2.24) is 0 Å². The normalized spacial score (nSPS) is 17.3. The maximum atomic E-state index is 5.36. The fourth-order valence-electron chi connectivity index (χ4n) is 0.449. The minimum absolute atomic E-state index is 0. The number of rotatable bonds is 0. The first kappa shape index (κ1) is 7.32. The van der Waals surface area contributed by atoms with Crippen molar-refractivity contribution in [3.8, 4) is 0 Å². The van der Waals surface area contributed by atoms with E-state index in [9.17, 15) is 0 Å². The molecule has 0 fully saturated rings. The number of nitrogens with two attached hydrogens (primary N) is 1. The summed E-state index contributed by atoms with van der Waals surface area (Å²) in [5, 5.41) is 0. The van der Waals surface area contributed by atoms with Gasteiger partial charge in [0.2, 0.25) is 0 Å². The van der Waals surface area contributed by atoms with Crippen molar-refractivity contribution in [1.29, 1.82) is 0 Å². The Kier molecular flexibility index (Phi) is 3.50. The van der Waals surface area contributed by atoms with E-state index < -0.39 is 0 Å². The topological polar surface area (TPSA) is 26.0 Å². The van der Waals surface area contributed by atoms with Gasteiger partial charge in [0, 0.05) is 32.2 Å². The number of hydrogen-bond donors (Lipinski definition) is 1. The van der Waals surface area contributed by atoms with Crippen LogP contribution in [0.1, 0.15) is 0 Å². The second-order valence-electron chi connectivity index (χ2n) is 1.35. The van der Waals surface area contributed by atoms with Crippen LogP contribution in [0.25, 0.3) is 0 Å². The summed E-state index contributed by atoms with van der Waals surface area (Å²) < 4.78 is 0. The molecule has 1 nitrogen and oxygen atoms in total. The molecule has 0 bridgehead atoms. The van der Waals surface area contributed by atoms with Crippen LogP contribution in [0, 0.1) is 0 Å². The number of allylic oxidation sites excluding steroid dienone is 2. The van der Waals surface area contributed by atoms with Gasteiger partial charge in [-0.3, -0.25) is 0 Å². The molecule has 0 amide bonds. The summed E-state index contributed by atoms with van der Waals surface area (Å²) in [7, 11) is 0. The van der Waals surface area contributed by atoms with Gasteiger partial charge in [0.1, 0.15) is 0 Å². The monoisotopic (exact) mass is 171 g/mol. The van der Waals surface area contributed by atoms with Crippen LogP contribution < -0.4 is 5.73 Å². The average Bonchev–Trinajstić information content (AvgIpc) is 1.86. The van der Waals surface area contributed by atoms with Gasteiger partial charge in [0.25, 0.3) is 0 Å². The Morgan fingerprint density at radius 3 is 1.71 bits per heavy atom. The van der Waals surface area contributed by atoms with Crippen molar-refractivity contribution in [2.45, 2.75) is 6.04 Å². The van der Waals surface area contributed by atoms with Crippen molar-refractivity contribution in [2.75, 3.05) is 0 Å². The molecule has 0 unspecified atom stereocenters. The van der Waals surface area contributed by atoms with E-state index in [0.717, 1.165) is 0 Å². The zero-order valence-electron chi connectivity index (χ0n) is 3.96. The van der Waals surface area contributed by atoms with Crippen molar-refractivity contribution in [3.05, 3.63) is 24.3 Å². The van der Waals surface area contributed by atoms with E-state index in [2.05, 4.69) is 0 Å². The molecular weight excluding hydrogens is 165 g/mol. The SMILES string of the molecule is NC1C=CC=C1.[Zr]. The zero-order chi connectivity index (χ0) is 4.41. The first-order chi connectivity index (χ1) is 2.89. The molecule has 2 N–H and O–H groups in total. The van der Waals surface area contributed by atoms with Gasteiger partial charge in [0.05, 0.1) is 0 Å². The van der Waals surface area contributed by atoms with Crippen molar-refractivity contribution >= 4 is 0 Å². The van der Waals surface area contributed by atoms with Gasteiger partial charge in [-0.15, -0.1) is 0 Å². The summed E-state index contributed by atoms with van der Waals surface area (Å²) in [6.45, 7) is 0. The first-order valence-corrected chi connectivity index (χ1v) is 2.00. The maximum Gasteiger partial charge on any atom is 0.0416 e. The summed E-state index contributed by atoms with van der Waals surface area (Å²) in [6.07, 6.45) is 7.79. The molecule has 0 aromatic rings. The van der Waals surface area contributed by atoms with Crippen LogP contribution in [-0.2, 0) is 26.2 Å². The van der Waals surface area contributed by atoms with E-state index in [1.165, 1.54) is 0 Å². The molecule has 7 heavy (non-hydrogen) atoms. The van der Waals surface area contributed by atoms with Crippen LogP contribution in [-0.4, -0.2) is 6.04 Å². The van der Waals surface area contributed by atoms with Crippen LogP contribution in [0.4, 0.5) is 0 Å². The van der Waals surface area contributed by atoms with Gasteiger partial charge in [0.15, 0.2) is 0 Å². The van der Waals surface area contributed by atoms with E-state index in [4.69, 9.17) is 5.73 Å². The molecule has 1 aliphatic carbocycles. The van der Waals surface area contributed by atoms with E-state index >= 15 is 0 Å². The summed E-state index contributed by atoms with van der Waals surface area (Å²) >= 11 is 0. The predicted molar refractivity (Wildman–Crippen MR) is 26.3 cm³/mol. The van der Waals surface area contributed by atoms with Crippen LogP contribution in [0.3, 0.4) is 0 Å². The molecule has 36 valence electrons. The van der Waals surface area contributed by atoms with Crippen molar-refractivity contribution in [2.24, 2.45) is 5.73 Å². The van der Waals surface area contributed by atoms with Gasteiger partial charge in [-0.2, -0.15) is 0 Å². The second-order valence-corrected chi connectivity index (χ2v) is 1.35. The smallest absolute Gasteiger partial charge is 0.0416 e. The fraction of sp³-hybridized carbons (Fsp3) is 0.200. The fourth-order valence-corrected chi connectivity index (χ4v) is 0.449. The van der Waals surface area contributed by atoms with Gasteiger partial charge in [-0.25, -0.2) is 0 Å². The Hall–Kier alpha value is 0.323. The summed E-state index contributed by atoms with van der Waals surface area (Å²) in [4.78, 5) is 0. The second kappa shape index (κ2) is 3.34. The third-order valence-corrected chi connectivity index (χ3v) is 0.778. The first-order valence-electron chi connectivity index (χ1n) is 2.00. The largest absolute Gasteiger partial charge is 0.321 e. The predicted octanol–water partition coefficient (Wildman–Crippen LogP) is 0.437. The molecule has 0 heterocycles. The molecule has 0 aromatic carbocycles. The third-order valence-electron chi connectivity index (χ3n) is 0.778. The molecule has 0 aliphatic heterocycles.